The van der Waals surface area contributed by atoms with Gasteiger partial charge in [-0.25, -0.2) is 4.39 Å². The van der Waals surface area contributed by atoms with Gasteiger partial charge in [-0.05, 0) is 24.6 Å². The highest BCUT2D eigenvalue weighted by Crippen LogP contribution is 2.23. The molecular formula is C13H15FN2S. The molecule has 17 heavy (non-hydrogen) atoms. The van der Waals surface area contributed by atoms with Gasteiger partial charge < -0.3 is 5.73 Å². The molecule has 2 N–H and O–H groups in total. The average Bonchev–Trinajstić information content (AvgIpc) is 2.77. The van der Waals surface area contributed by atoms with E-state index in [2.05, 4.69) is 24.0 Å². The Morgan fingerprint density at radius 1 is 1.35 bits per heavy atom. The summed E-state index contributed by atoms with van der Waals surface area (Å²) in [7, 11) is 0. The zero-order valence-corrected chi connectivity index (χ0v) is 10.5. The van der Waals surface area contributed by atoms with E-state index >= 15 is 0 Å². The number of aromatic nitrogens is 1. The standard InChI is InChI=1S/C13H15FN2S/c1-2-9-3-4-10(17-9)7-13(15)11-5-6-16-8-12(11)14/h3-6,8,13H,2,7,15H2,1H3. The Kier molecular flexibility index (Phi) is 3.86. The molecule has 0 radical (unpaired) electrons. The smallest absolute Gasteiger partial charge is 0.146 e. The van der Waals surface area contributed by atoms with Crippen molar-refractivity contribution in [3.8, 4) is 0 Å². The number of hydrogen-bond donors (Lipinski definition) is 1. The van der Waals surface area contributed by atoms with E-state index in [1.165, 1.54) is 16.0 Å². The lowest BCUT2D eigenvalue weighted by atomic mass is 10.1. The summed E-state index contributed by atoms with van der Waals surface area (Å²) in [5.74, 6) is -0.327. The second-order valence-electron chi connectivity index (χ2n) is 3.93. The van der Waals surface area contributed by atoms with Gasteiger partial charge >= 0.3 is 0 Å². The van der Waals surface area contributed by atoms with Gasteiger partial charge in [0.1, 0.15) is 5.82 Å². The van der Waals surface area contributed by atoms with Gasteiger partial charge in [-0.3, -0.25) is 4.98 Å². The summed E-state index contributed by atoms with van der Waals surface area (Å²) in [6.07, 6.45) is 4.49. The highest BCUT2D eigenvalue weighted by atomic mass is 32.1. The van der Waals surface area contributed by atoms with Crippen LogP contribution in [0.25, 0.3) is 0 Å². The molecule has 1 atom stereocenters. The lowest BCUT2D eigenvalue weighted by Crippen LogP contribution is -2.14. The maximum Gasteiger partial charge on any atom is 0.146 e. The molecule has 0 aliphatic heterocycles. The third-order valence-corrected chi connectivity index (χ3v) is 3.94. The molecule has 90 valence electrons. The maximum absolute atomic E-state index is 13.5. The van der Waals surface area contributed by atoms with Crippen LogP contribution in [0.2, 0.25) is 0 Å². The van der Waals surface area contributed by atoms with E-state index in [0.717, 1.165) is 6.42 Å². The van der Waals surface area contributed by atoms with Gasteiger partial charge in [0.05, 0.1) is 6.20 Å². The Morgan fingerprint density at radius 3 is 2.76 bits per heavy atom. The van der Waals surface area contributed by atoms with Crippen LogP contribution in [0, 0.1) is 5.82 Å². The molecule has 2 heterocycles. The minimum atomic E-state index is -0.327. The molecule has 4 heteroatoms. The first-order chi connectivity index (χ1) is 8.20. The molecule has 0 spiro atoms. The van der Waals surface area contributed by atoms with Crippen molar-refractivity contribution in [2.24, 2.45) is 5.73 Å². The van der Waals surface area contributed by atoms with Gasteiger partial charge in [0.15, 0.2) is 0 Å². The number of aryl methyl sites for hydroxylation is 1. The second kappa shape index (κ2) is 5.38. The van der Waals surface area contributed by atoms with Crippen LogP contribution in [0.15, 0.2) is 30.6 Å². The summed E-state index contributed by atoms with van der Waals surface area (Å²) in [5, 5.41) is 0. The summed E-state index contributed by atoms with van der Waals surface area (Å²) >= 11 is 1.74. The number of halogens is 1. The van der Waals surface area contributed by atoms with Crippen molar-refractivity contribution in [2.75, 3.05) is 0 Å². The largest absolute Gasteiger partial charge is 0.324 e. The molecule has 0 saturated carbocycles. The lowest BCUT2D eigenvalue weighted by molar-refractivity contribution is 0.576. The first kappa shape index (κ1) is 12.2. The molecule has 0 saturated heterocycles. The monoisotopic (exact) mass is 250 g/mol. The van der Waals surface area contributed by atoms with E-state index in [4.69, 9.17) is 5.73 Å². The minimum Gasteiger partial charge on any atom is -0.324 e. The van der Waals surface area contributed by atoms with E-state index in [1.54, 1.807) is 23.6 Å². The molecule has 2 nitrogen and oxygen atoms in total. The number of nitrogens with zero attached hydrogens (tertiary/aromatic N) is 1. The molecule has 0 aliphatic rings. The third-order valence-electron chi connectivity index (χ3n) is 2.69. The SMILES string of the molecule is CCc1ccc(CC(N)c2ccncc2F)s1. The van der Waals surface area contributed by atoms with Gasteiger partial charge in [0.2, 0.25) is 0 Å². The van der Waals surface area contributed by atoms with Crippen molar-refractivity contribution in [1.82, 2.24) is 4.98 Å². The van der Waals surface area contributed by atoms with Crippen LogP contribution in [0.4, 0.5) is 4.39 Å². The van der Waals surface area contributed by atoms with Crippen LogP contribution in [0.5, 0.6) is 0 Å². The number of hydrogen-bond acceptors (Lipinski definition) is 3. The number of rotatable bonds is 4. The van der Waals surface area contributed by atoms with Gasteiger partial charge in [0, 0.05) is 34.0 Å². The first-order valence-electron chi connectivity index (χ1n) is 5.63. The number of pyridine rings is 1. The summed E-state index contributed by atoms with van der Waals surface area (Å²) < 4.78 is 13.5. The van der Waals surface area contributed by atoms with Gasteiger partial charge in [-0.2, -0.15) is 0 Å². The fourth-order valence-electron chi connectivity index (χ4n) is 1.74. The highest BCUT2D eigenvalue weighted by Gasteiger charge is 2.12. The second-order valence-corrected chi connectivity index (χ2v) is 5.18. The Hall–Kier alpha value is -1.26. The molecule has 2 aromatic heterocycles. The first-order valence-corrected chi connectivity index (χ1v) is 6.45. The van der Waals surface area contributed by atoms with E-state index in [0.29, 0.717) is 12.0 Å². The van der Waals surface area contributed by atoms with Crippen molar-refractivity contribution in [1.29, 1.82) is 0 Å². The summed E-state index contributed by atoms with van der Waals surface area (Å²) in [4.78, 5) is 6.26. The number of thiophene rings is 1. The Balaban J connectivity index is 2.11. The van der Waals surface area contributed by atoms with Crippen molar-refractivity contribution in [3.63, 3.8) is 0 Å². The predicted octanol–water partition coefficient (Wildman–Crippen LogP) is 3.09. The zero-order chi connectivity index (χ0) is 12.3. The van der Waals surface area contributed by atoms with Crippen LogP contribution in [-0.4, -0.2) is 4.98 Å². The Morgan fingerprint density at radius 2 is 2.12 bits per heavy atom. The summed E-state index contributed by atoms with van der Waals surface area (Å²) in [6.45, 7) is 2.12. The fraction of sp³-hybridized carbons (Fsp3) is 0.308. The van der Waals surface area contributed by atoms with Crippen molar-refractivity contribution >= 4 is 11.3 Å². The van der Waals surface area contributed by atoms with Crippen LogP contribution >= 0.6 is 11.3 Å². The lowest BCUT2D eigenvalue weighted by Gasteiger charge is -2.11. The normalized spacial score (nSPS) is 12.6. The zero-order valence-electron chi connectivity index (χ0n) is 9.69. The number of nitrogens with two attached hydrogens (primary N) is 1. The molecule has 1 unspecified atom stereocenters. The van der Waals surface area contributed by atoms with E-state index in [9.17, 15) is 4.39 Å². The van der Waals surface area contributed by atoms with Crippen LogP contribution < -0.4 is 5.73 Å². The van der Waals surface area contributed by atoms with Crippen molar-refractivity contribution in [2.45, 2.75) is 25.8 Å². The van der Waals surface area contributed by atoms with Gasteiger partial charge in [-0.15, -0.1) is 11.3 Å². The molecule has 0 bridgehead atoms. The fourth-order valence-corrected chi connectivity index (χ4v) is 2.75. The quantitative estimate of drug-likeness (QED) is 0.905. The predicted molar refractivity (Wildman–Crippen MR) is 68.5 cm³/mol. The van der Waals surface area contributed by atoms with E-state index in [-0.39, 0.29) is 11.9 Å². The Labute approximate surface area is 104 Å². The molecule has 0 aliphatic carbocycles. The van der Waals surface area contributed by atoms with E-state index < -0.39 is 0 Å². The van der Waals surface area contributed by atoms with Gasteiger partial charge in [-0.1, -0.05) is 6.92 Å². The van der Waals surface area contributed by atoms with Crippen LogP contribution in [0.3, 0.4) is 0 Å². The summed E-state index contributed by atoms with van der Waals surface area (Å²) in [6, 6.07) is 5.52. The van der Waals surface area contributed by atoms with Crippen molar-refractivity contribution < 1.29 is 4.39 Å². The molecule has 2 rings (SSSR count). The van der Waals surface area contributed by atoms with Crippen LogP contribution in [-0.2, 0) is 12.8 Å². The molecule has 0 aromatic carbocycles. The van der Waals surface area contributed by atoms with Crippen LogP contribution in [0.1, 0.15) is 28.3 Å². The molecule has 0 fully saturated rings. The highest BCUT2D eigenvalue weighted by molar-refractivity contribution is 7.11. The topological polar surface area (TPSA) is 38.9 Å². The Bertz CT molecular complexity index is 496. The maximum atomic E-state index is 13.5. The third kappa shape index (κ3) is 2.90. The molecule has 0 amide bonds. The average molecular weight is 250 g/mol. The summed E-state index contributed by atoms with van der Waals surface area (Å²) in [5.41, 5.74) is 6.55. The van der Waals surface area contributed by atoms with Crippen molar-refractivity contribution in [3.05, 3.63) is 51.7 Å². The minimum absolute atomic E-state index is 0.304. The van der Waals surface area contributed by atoms with E-state index in [1.807, 2.05) is 0 Å². The van der Waals surface area contributed by atoms with Gasteiger partial charge in [0.25, 0.3) is 0 Å². The molecule has 2 aromatic rings. The molecular weight excluding hydrogens is 235 g/mol.